The number of fused-ring (bicyclic) bond motifs is 1. The van der Waals surface area contributed by atoms with Crippen LogP contribution in [0, 0.1) is 0 Å². The van der Waals surface area contributed by atoms with Gasteiger partial charge in [-0.15, -0.1) is 0 Å². The Hall–Kier alpha value is -3.85. The lowest BCUT2D eigenvalue weighted by Crippen LogP contribution is -2.41. The molecule has 0 spiro atoms. The van der Waals surface area contributed by atoms with Crippen LogP contribution < -0.4 is 10.6 Å². The molecule has 1 saturated heterocycles. The number of benzene rings is 1. The number of ether oxygens (including phenoxy) is 1. The minimum absolute atomic E-state index is 0.0316. The van der Waals surface area contributed by atoms with E-state index < -0.39 is 42.2 Å². The highest BCUT2D eigenvalue weighted by molar-refractivity contribution is 6.30. The monoisotopic (exact) mass is 563 g/mol. The van der Waals surface area contributed by atoms with Crippen molar-refractivity contribution < 1.29 is 32.9 Å². The topological polar surface area (TPSA) is 147 Å². The predicted molar refractivity (Wildman–Crippen MR) is 132 cm³/mol. The third-order valence-electron chi connectivity index (χ3n) is 6.12. The molecule has 1 aliphatic heterocycles. The molecule has 1 aromatic carbocycles. The Morgan fingerprint density at radius 3 is 2.69 bits per heavy atom. The molecule has 0 radical (unpaired) electrons. The van der Waals surface area contributed by atoms with Crippen molar-refractivity contribution in [1.29, 1.82) is 0 Å². The number of hydrogen-bond donors (Lipinski definition) is 4. The number of likely N-dealkylation sites (N-methyl/N-ethyl adjacent to an activating group) is 1. The van der Waals surface area contributed by atoms with Gasteiger partial charge in [0.15, 0.2) is 35.1 Å². The first kappa shape index (κ1) is 26.7. The van der Waals surface area contributed by atoms with E-state index in [1.54, 1.807) is 6.07 Å². The number of aromatic nitrogens is 5. The second-order valence-electron chi connectivity index (χ2n) is 8.71. The maximum atomic E-state index is 13.2. The van der Waals surface area contributed by atoms with Crippen molar-refractivity contribution in [2.45, 2.75) is 37.3 Å². The molecular weight excluding hydrogens is 543 g/mol. The second kappa shape index (κ2) is 10.4. The lowest BCUT2D eigenvalue weighted by atomic mass is 10.1. The Labute approximate surface area is 223 Å². The molecule has 15 heteroatoms. The van der Waals surface area contributed by atoms with E-state index in [9.17, 15) is 28.2 Å². The molecule has 0 bridgehead atoms. The summed E-state index contributed by atoms with van der Waals surface area (Å²) in [5.41, 5.74) is 0.333. The van der Waals surface area contributed by atoms with Crippen LogP contribution >= 0.6 is 11.6 Å². The zero-order valence-corrected chi connectivity index (χ0v) is 20.9. The van der Waals surface area contributed by atoms with Gasteiger partial charge in [0.25, 0.3) is 5.91 Å². The first-order valence-electron chi connectivity index (χ1n) is 11.6. The quantitative estimate of drug-likeness (QED) is 0.278. The number of aliphatic hydroxyl groups excluding tert-OH is 2. The molecule has 0 aliphatic carbocycles. The van der Waals surface area contributed by atoms with Crippen LogP contribution in [0.5, 0.6) is 0 Å². The van der Waals surface area contributed by atoms with Crippen LogP contribution in [-0.2, 0) is 22.3 Å². The number of carbonyl (C=O) groups excluding carboxylic acids is 1. The summed E-state index contributed by atoms with van der Waals surface area (Å²) < 4.78 is 46.5. The fourth-order valence-electron chi connectivity index (χ4n) is 4.18. The van der Waals surface area contributed by atoms with E-state index in [4.69, 9.17) is 16.3 Å². The molecule has 5 rings (SSSR count). The van der Waals surface area contributed by atoms with Crippen molar-refractivity contribution in [2.75, 3.05) is 12.4 Å². The zero-order chi connectivity index (χ0) is 27.9. The van der Waals surface area contributed by atoms with Gasteiger partial charge in [0.2, 0.25) is 0 Å². The van der Waals surface area contributed by atoms with Crippen molar-refractivity contribution in [1.82, 2.24) is 29.8 Å². The van der Waals surface area contributed by atoms with Gasteiger partial charge in [-0.2, -0.15) is 13.2 Å². The summed E-state index contributed by atoms with van der Waals surface area (Å²) in [6, 6.07) is 6.41. The normalized spacial score (nSPS) is 21.3. The van der Waals surface area contributed by atoms with Crippen LogP contribution in [0.15, 0.2) is 49.1 Å². The van der Waals surface area contributed by atoms with E-state index in [0.717, 1.165) is 12.1 Å². The Morgan fingerprint density at radius 2 is 1.97 bits per heavy atom. The Bertz CT molecular complexity index is 1530. The molecule has 204 valence electrons. The number of pyridine rings is 1. The molecule has 4 aromatic rings. The van der Waals surface area contributed by atoms with Gasteiger partial charge >= 0.3 is 6.18 Å². The van der Waals surface area contributed by atoms with E-state index in [0.29, 0.717) is 16.1 Å². The van der Waals surface area contributed by atoms with Crippen molar-refractivity contribution in [2.24, 2.45) is 0 Å². The Morgan fingerprint density at radius 1 is 1.18 bits per heavy atom. The van der Waals surface area contributed by atoms with Crippen LogP contribution in [0.3, 0.4) is 0 Å². The minimum Gasteiger partial charge on any atom is -0.387 e. The number of alkyl halides is 3. The van der Waals surface area contributed by atoms with Gasteiger partial charge in [-0.25, -0.2) is 15.0 Å². The van der Waals surface area contributed by atoms with E-state index in [1.807, 2.05) is 0 Å². The second-order valence-corrected chi connectivity index (χ2v) is 9.14. The number of carbonyl (C=O) groups is 1. The molecule has 0 saturated carbocycles. The standard InChI is InChI=1S/C24H21ClF3N7O4/c1-29-22(38)18-16(36)17(37)23(39-18)35-10-32-15-20(31-7-11-3-2-4-13(5-11)24(26,27)28)33-19(34-21(15)35)12-6-14(25)9-30-8-12/h2-6,8-10,16-18,23,36-37H,7H2,1H3,(H,29,38)(H,31,33,34)/t16-,17+,18-,23+/m0/s1. The molecular formula is C24H21ClF3N7O4. The van der Waals surface area contributed by atoms with Gasteiger partial charge < -0.3 is 25.6 Å². The van der Waals surface area contributed by atoms with Crippen molar-refractivity contribution >= 4 is 34.5 Å². The van der Waals surface area contributed by atoms with Gasteiger partial charge in [0.1, 0.15) is 12.2 Å². The smallest absolute Gasteiger partial charge is 0.387 e. The molecule has 4 N–H and O–H groups in total. The number of anilines is 1. The van der Waals surface area contributed by atoms with Crippen LogP contribution in [-0.4, -0.2) is 66.0 Å². The Balaban J connectivity index is 1.56. The molecule has 11 nitrogen and oxygen atoms in total. The average Bonchev–Trinajstić information content (AvgIpc) is 3.47. The fourth-order valence-corrected chi connectivity index (χ4v) is 4.35. The predicted octanol–water partition coefficient (Wildman–Crippen LogP) is 2.54. The van der Waals surface area contributed by atoms with Crippen LogP contribution in [0.25, 0.3) is 22.6 Å². The minimum atomic E-state index is -4.50. The fraction of sp³-hybridized carbons (Fsp3) is 0.292. The van der Waals surface area contributed by atoms with Crippen molar-refractivity contribution in [3.05, 3.63) is 65.2 Å². The van der Waals surface area contributed by atoms with Crippen molar-refractivity contribution in [3.8, 4) is 11.4 Å². The van der Waals surface area contributed by atoms with E-state index >= 15 is 0 Å². The first-order chi connectivity index (χ1) is 18.6. The number of halogens is 4. The maximum Gasteiger partial charge on any atom is 0.416 e. The number of imidazole rings is 1. The number of nitrogens with zero attached hydrogens (tertiary/aromatic N) is 5. The molecule has 39 heavy (non-hydrogen) atoms. The number of nitrogens with one attached hydrogen (secondary N) is 2. The maximum absolute atomic E-state index is 13.2. The molecule has 4 atom stereocenters. The third kappa shape index (κ3) is 5.23. The summed E-state index contributed by atoms with van der Waals surface area (Å²) >= 11 is 6.09. The lowest BCUT2D eigenvalue weighted by molar-refractivity contribution is -0.138. The van der Waals surface area contributed by atoms with Crippen LogP contribution in [0.1, 0.15) is 17.4 Å². The summed E-state index contributed by atoms with van der Waals surface area (Å²) in [6.45, 7) is -0.0316. The molecule has 4 heterocycles. The zero-order valence-electron chi connectivity index (χ0n) is 20.1. The van der Waals surface area contributed by atoms with Crippen LogP contribution in [0.2, 0.25) is 5.02 Å². The van der Waals surface area contributed by atoms with Crippen molar-refractivity contribution in [3.63, 3.8) is 0 Å². The van der Waals surface area contributed by atoms with E-state index in [2.05, 4.69) is 30.6 Å². The van der Waals surface area contributed by atoms with Gasteiger partial charge in [-0.3, -0.25) is 14.3 Å². The average molecular weight is 564 g/mol. The summed E-state index contributed by atoms with van der Waals surface area (Å²) in [4.78, 5) is 29.5. The molecule has 1 fully saturated rings. The van der Waals surface area contributed by atoms with Gasteiger partial charge in [0, 0.05) is 31.5 Å². The van der Waals surface area contributed by atoms with Gasteiger partial charge in [0.05, 0.1) is 16.9 Å². The molecule has 1 amide bonds. The SMILES string of the molecule is CNC(=O)[C@H]1O[C@@H](n2cnc3c(NCc4cccc(C(F)(F)F)c4)nc(-c4cncc(Cl)c4)nc32)[C@H](O)[C@@H]1O. The van der Waals surface area contributed by atoms with Gasteiger partial charge in [-0.1, -0.05) is 23.7 Å². The number of aliphatic hydroxyl groups is 2. The van der Waals surface area contributed by atoms with Gasteiger partial charge in [-0.05, 0) is 23.8 Å². The van der Waals surface area contributed by atoms with E-state index in [-0.39, 0.29) is 29.4 Å². The first-order valence-corrected chi connectivity index (χ1v) is 11.9. The number of hydrogen-bond acceptors (Lipinski definition) is 9. The number of rotatable bonds is 6. The molecule has 0 unspecified atom stereocenters. The Kier molecular flexibility index (Phi) is 7.11. The summed E-state index contributed by atoms with van der Waals surface area (Å²) in [6.07, 6.45) is -5.92. The highest BCUT2D eigenvalue weighted by atomic mass is 35.5. The lowest BCUT2D eigenvalue weighted by Gasteiger charge is -2.17. The summed E-state index contributed by atoms with van der Waals surface area (Å²) in [5, 5.41) is 26.7. The van der Waals surface area contributed by atoms with Crippen LogP contribution in [0.4, 0.5) is 19.0 Å². The molecule has 3 aromatic heterocycles. The van der Waals surface area contributed by atoms with E-state index in [1.165, 1.54) is 42.5 Å². The highest BCUT2D eigenvalue weighted by Crippen LogP contribution is 2.34. The summed E-state index contributed by atoms with van der Waals surface area (Å²) in [5.74, 6) is -0.319. The third-order valence-corrected chi connectivity index (χ3v) is 6.32. The molecule has 1 aliphatic rings. The largest absolute Gasteiger partial charge is 0.416 e. The highest BCUT2D eigenvalue weighted by Gasteiger charge is 2.47. The summed E-state index contributed by atoms with van der Waals surface area (Å²) in [7, 11) is 1.37. The number of amides is 1.